The minimum atomic E-state index is -0.209. The Labute approximate surface area is 830 Å². The van der Waals surface area contributed by atoms with E-state index in [2.05, 4.69) is 411 Å². The summed E-state index contributed by atoms with van der Waals surface area (Å²) in [6, 6.07) is 164. The Kier molecular flexibility index (Phi) is 20.0. The first kappa shape index (κ1) is 84.5. The molecule has 678 valence electrons. The summed E-state index contributed by atoms with van der Waals surface area (Å²) in [7, 11) is 0. The van der Waals surface area contributed by atoms with Crippen LogP contribution in [-0.2, 0) is 10.8 Å². The predicted octanol–water partition coefficient (Wildman–Crippen LogP) is 33.3. The molecule has 0 bridgehead atoms. The second-order valence-electron chi connectivity index (χ2n) is 38.4. The third kappa shape index (κ3) is 14.2. The SMILES string of the molecule is CC1(C)c2ccccc2-c2ccc3c(c21)c1cc(-c2ccccc2)ccc1n3-c1nc(-c2ccc3ccccc3c2)nc(-c2ccc3ccccc3c2)n1.CC1(C)c2ccccc2-c2ccc3c(c21)c1ccccc1n3-c1ccc(-c2cc(-c3ccccc3)nc(-c3ccccc3)n2)cc1.c1ccc(-c2nc(-c3ccccc3)nc(-c3cccc(-n4c5ccccc5c5ccc6c7ccccc7oc6c54)c3)n2)cc1. The molecule has 7 aromatic heterocycles. The van der Waals surface area contributed by atoms with E-state index in [1.165, 1.54) is 104 Å². The van der Waals surface area contributed by atoms with E-state index in [1.54, 1.807) is 0 Å². The van der Waals surface area contributed by atoms with Gasteiger partial charge in [0.15, 0.2) is 40.5 Å². The minimum absolute atomic E-state index is 0.0931. The van der Waals surface area contributed by atoms with Crippen molar-refractivity contribution in [1.82, 2.24) is 53.6 Å². The van der Waals surface area contributed by atoms with Crippen molar-refractivity contribution in [3.63, 3.8) is 0 Å². The minimum Gasteiger partial charge on any atom is -0.454 e. The van der Waals surface area contributed by atoms with Crippen LogP contribution in [0.25, 0.3) is 250 Å². The lowest BCUT2D eigenvalue weighted by Crippen LogP contribution is -2.15. The maximum atomic E-state index is 6.55. The molecule has 7 heterocycles. The highest BCUT2D eigenvalue weighted by molar-refractivity contribution is 6.22. The summed E-state index contributed by atoms with van der Waals surface area (Å²) in [6.07, 6.45) is 0. The largest absolute Gasteiger partial charge is 0.454 e. The van der Waals surface area contributed by atoms with Crippen molar-refractivity contribution in [1.29, 1.82) is 0 Å². The van der Waals surface area contributed by atoms with Crippen LogP contribution < -0.4 is 0 Å². The lowest BCUT2D eigenvalue weighted by Gasteiger charge is -2.22. The third-order valence-electron chi connectivity index (χ3n) is 29.2. The fourth-order valence-electron chi connectivity index (χ4n) is 22.5. The van der Waals surface area contributed by atoms with Crippen molar-refractivity contribution >= 4 is 109 Å². The summed E-state index contributed by atoms with van der Waals surface area (Å²) in [5, 5.41) is 14.2. The molecule has 20 aromatic carbocycles. The van der Waals surface area contributed by atoms with Crippen molar-refractivity contribution < 1.29 is 4.42 Å². The molecule has 0 fully saturated rings. The highest BCUT2D eigenvalue weighted by Gasteiger charge is 2.41. The quantitative estimate of drug-likeness (QED) is 0.117. The fraction of sp³-hybridized carbons (Fsp3) is 0.0455. The van der Waals surface area contributed by atoms with Crippen LogP contribution in [-0.4, -0.2) is 53.6 Å². The van der Waals surface area contributed by atoms with Crippen molar-refractivity contribution in [3.8, 4) is 142 Å². The van der Waals surface area contributed by atoms with Crippen LogP contribution in [0.15, 0.2) is 472 Å². The number of rotatable bonds is 12. The van der Waals surface area contributed by atoms with Crippen molar-refractivity contribution in [2.24, 2.45) is 0 Å². The third-order valence-corrected chi connectivity index (χ3v) is 29.2. The average molecular weight is 1850 g/mol. The molecule has 0 saturated heterocycles. The van der Waals surface area contributed by atoms with Gasteiger partial charge in [-0.1, -0.05) is 404 Å². The van der Waals surface area contributed by atoms with Gasteiger partial charge in [0, 0.05) is 110 Å². The predicted molar refractivity (Wildman–Crippen MR) is 591 cm³/mol. The van der Waals surface area contributed by atoms with Gasteiger partial charge in [-0.25, -0.2) is 29.9 Å². The second-order valence-corrected chi connectivity index (χ2v) is 38.4. The van der Waals surface area contributed by atoms with Crippen molar-refractivity contribution in [2.75, 3.05) is 0 Å². The molecule has 0 spiro atoms. The van der Waals surface area contributed by atoms with Gasteiger partial charge in [0.25, 0.3) is 0 Å². The molecule has 2 aliphatic carbocycles. The molecule has 0 radical (unpaired) electrons. The van der Waals surface area contributed by atoms with Gasteiger partial charge in [0.1, 0.15) is 5.58 Å². The molecular weight excluding hydrogens is 1760 g/mol. The first-order chi connectivity index (χ1) is 70.9. The number of nitrogens with zero attached hydrogens (tertiary/aromatic N) is 11. The van der Waals surface area contributed by atoms with Crippen LogP contribution in [0, 0.1) is 0 Å². The van der Waals surface area contributed by atoms with E-state index in [-0.39, 0.29) is 10.8 Å². The van der Waals surface area contributed by atoms with E-state index >= 15 is 0 Å². The van der Waals surface area contributed by atoms with Crippen LogP contribution >= 0.6 is 0 Å². The molecular formula is C132H89N11O. The Balaban J connectivity index is 0.000000108. The van der Waals surface area contributed by atoms with Gasteiger partial charge in [-0.15, -0.1) is 0 Å². The van der Waals surface area contributed by atoms with Gasteiger partial charge >= 0.3 is 0 Å². The first-order valence-corrected chi connectivity index (χ1v) is 49.0. The van der Waals surface area contributed by atoms with Gasteiger partial charge in [-0.2, -0.15) is 9.97 Å². The van der Waals surface area contributed by atoms with E-state index in [0.717, 1.165) is 133 Å². The average Bonchev–Trinajstić information content (AvgIpc) is 1.55. The zero-order chi connectivity index (χ0) is 95.8. The molecule has 27 aromatic rings. The Morgan fingerprint density at radius 2 is 0.604 bits per heavy atom. The molecule has 144 heavy (non-hydrogen) atoms. The molecule has 0 unspecified atom stereocenters. The van der Waals surface area contributed by atoms with Gasteiger partial charge in [0.05, 0.1) is 44.5 Å². The molecule has 0 saturated carbocycles. The van der Waals surface area contributed by atoms with Crippen LogP contribution in [0.4, 0.5) is 0 Å². The number of hydrogen-bond donors (Lipinski definition) is 0. The monoisotopic (exact) mass is 1840 g/mol. The number of aromatic nitrogens is 11. The molecule has 0 N–H and O–H groups in total. The summed E-state index contributed by atoms with van der Waals surface area (Å²) >= 11 is 0. The molecule has 12 heteroatoms. The van der Waals surface area contributed by atoms with E-state index < -0.39 is 0 Å². The number of para-hydroxylation sites is 3. The van der Waals surface area contributed by atoms with Crippen LogP contribution in [0.2, 0.25) is 0 Å². The number of furan rings is 1. The molecule has 0 aliphatic heterocycles. The zero-order valence-electron chi connectivity index (χ0n) is 79.3. The second kappa shape index (κ2) is 34.1. The summed E-state index contributed by atoms with van der Waals surface area (Å²) in [4.78, 5) is 40.7. The number of hydrogen-bond acceptors (Lipinski definition) is 9. The Morgan fingerprint density at radius 3 is 1.17 bits per heavy atom. The summed E-state index contributed by atoms with van der Waals surface area (Å²) in [5.41, 5.74) is 33.1. The maximum Gasteiger partial charge on any atom is 0.238 e. The lowest BCUT2D eigenvalue weighted by molar-refractivity contribution is 0.666. The topological polar surface area (TPSA) is 131 Å². The van der Waals surface area contributed by atoms with E-state index in [4.69, 9.17) is 44.3 Å². The molecule has 2 aliphatic rings. The Hall–Kier alpha value is -18.8. The fourth-order valence-corrected chi connectivity index (χ4v) is 22.5. The van der Waals surface area contributed by atoms with Gasteiger partial charge in [-0.3, -0.25) is 4.57 Å². The molecule has 29 rings (SSSR count). The Morgan fingerprint density at radius 1 is 0.208 bits per heavy atom. The highest BCUT2D eigenvalue weighted by Crippen LogP contribution is 2.56. The normalized spacial score (nSPS) is 12.7. The number of benzene rings is 20. The zero-order valence-corrected chi connectivity index (χ0v) is 79.3. The smallest absolute Gasteiger partial charge is 0.238 e. The summed E-state index contributed by atoms with van der Waals surface area (Å²) in [6.45, 7) is 9.46. The number of fused-ring (bicyclic) bond motifs is 23. The maximum absolute atomic E-state index is 6.55. The van der Waals surface area contributed by atoms with E-state index in [1.807, 2.05) is 97.1 Å². The van der Waals surface area contributed by atoms with Gasteiger partial charge < -0.3 is 13.6 Å². The van der Waals surface area contributed by atoms with Crippen molar-refractivity contribution in [3.05, 3.63) is 489 Å². The van der Waals surface area contributed by atoms with Gasteiger partial charge in [-0.05, 0) is 168 Å². The van der Waals surface area contributed by atoms with E-state index in [9.17, 15) is 0 Å². The van der Waals surface area contributed by atoms with Crippen molar-refractivity contribution in [2.45, 2.75) is 38.5 Å². The summed E-state index contributed by atoms with van der Waals surface area (Å²) < 4.78 is 13.5. The summed E-state index contributed by atoms with van der Waals surface area (Å²) in [5.74, 6) is 4.49. The molecule has 12 nitrogen and oxygen atoms in total. The lowest BCUT2D eigenvalue weighted by atomic mass is 9.80. The first-order valence-electron chi connectivity index (χ1n) is 49.0. The van der Waals surface area contributed by atoms with E-state index in [0.29, 0.717) is 35.1 Å². The van der Waals surface area contributed by atoms with Crippen LogP contribution in [0.5, 0.6) is 0 Å². The van der Waals surface area contributed by atoms with Crippen LogP contribution in [0.3, 0.4) is 0 Å². The van der Waals surface area contributed by atoms with Crippen LogP contribution in [0.1, 0.15) is 49.9 Å². The highest BCUT2D eigenvalue weighted by atomic mass is 16.3. The Bertz CT molecular complexity index is 9620. The standard InChI is InChI=1S/C50H34N4.C43H31N3.C39H24N4O/c1-50(2)42-19-11-10-18-39(42)40-25-27-44-45(46(40)50)41-30-36(31-12-4-3-5-13-31)24-26-43(41)54(44)49-52-47(37-22-20-32-14-6-8-16-34(32)28-37)51-48(53-49)38-23-21-33-15-7-9-17-35(33)29-38;1-43(2)35-19-11-9-17-32(35)33-25-26-39-40(41(33)43)34-18-10-12-20-38(34)46(39)31-23-21-29(22-24-31)37-27-36(28-13-5-3-6-14-28)44-42(45-37)30-15-7-4-8-16-30;1-3-12-25(13-4-1)37-40-38(26-14-5-2-6-15-26)42-39(41-37)27-16-11-17-28(24-27)43-33-20-9-7-18-29(33)31-22-23-32-30-19-8-10-21-34(30)44-36(32)35(31)43/h3-30H,1-2H3;3-27H,1-2H3;1-24H. The molecule has 0 amide bonds. The molecule has 0 atom stereocenters. The van der Waals surface area contributed by atoms with Gasteiger partial charge in [0.2, 0.25) is 5.95 Å².